The number of anilines is 2. The number of pyridine rings is 1. The molecule has 2 fully saturated rings. The fourth-order valence-corrected chi connectivity index (χ4v) is 4.74. The van der Waals surface area contributed by atoms with Crippen LogP contribution in [0.5, 0.6) is 0 Å². The van der Waals surface area contributed by atoms with Crippen LogP contribution in [-0.4, -0.2) is 81.6 Å². The lowest BCUT2D eigenvalue weighted by Gasteiger charge is -2.41. The lowest BCUT2D eigenvalue weighted by Crippen LogP contribution is -2.53. The van der Waals surface area contributed by atoms with E-state index in [9.17, 15) is 14.4 Å². The largest absolute Gasteiger partial charge is 0.378 e. The number of carbonyl (C=O) groups excluding carboxylic acids is 2. The number of hydrogen-bond acceptors (Lipinski definition) is 8. The van der Waals surface area contributed by atoms with Gasteiger partial charge >= 0.3 is 0 Å². The van der Waals surface area contributed by atoms with Crippen LogP contribution in [0.3, 0.4) is 0 Å². The first-order valence-electron chi connectivity index (χ1n) is 13.5. The minimum atomic E-state index is -0.320. The van der Waals surface area contributed by atoms with Gasteiger partial charge in [-0.1, -0.05) is 18.2 Å². The minimum Gasteiger partial charge on any atom is -0.378 e. The van der Waals surface area contributed by atoms with Gasteiger partial charge in [-0.3, -0.25) is 14.4 Å². The Kier molecular flexibility index (Phi) is 8.22. The molecule has 11 nitrogen and oxygen atoms in total. The van der Waals surface area contributed by atoms with Gasteiger partial charge in [-0.2, -0.15) is 5.10 Å². The highest BCUT2D eigenvalue weighted by molar-refractivity contribution is 5.94. The van der Waals surface area contributed by atoms with Crippen LogP contribution in [0.1, 0.15) is 36.2 Å². The molecule has 2 aliphatic rings. The monoisotopic (exact) mass is 546 g/mol. The van der Waals surface area contributed by atoms with Crippen molar-refractivity contribution >= 4 is 23.3 Å². The topological polar surface area (TPSA) is 119 Å². The van der Waals surface area contributed by atoms with E-state index < -0.39 is 0 Å². The Balaban J connectivity index is 1.30. The van der Waals surface area contributed by atoms with E-state index >= 15 is 0 Å². The van der Waals surface area contributed by atoms with Crippen molar-refractivity contribution in [1.82, 2.24) is 24.6 Å². The molecule has 2 aromatic heterocycles. The number of likely N-dealkylation sites (tertiary alicyclic amines) is 1. The average molecular weight is 547 g/mol. The van der Waals surface area contributed by atoms with Gasteiger partial charge in [-0.25, -0.2) is 9.67 Å². The molecule has 11 heteroatoms. The van der Waals surface area contributed by atoms with Crippen molar-refractivity contribution in [3.63, 3.8) is 0 Å². The predicted molar refractivity (Wildman–Crippen MR) is 149 cm³/mol. The molecule has 5 rings (SSSR count). The maximum Gasteiger partial charge on any atom is 0.290 e. The van der Waals surface area contributed by atoms with Crippen molar-refractivity contribution in [3.05, 3.63) is 70.1 Å². The minimum absolute atomic E-state index is 0.0199. The van der Waals surface area contributed by atoms with Crippen molar-refractivity contribution in [1.29, 1.82) is 0 Å². The summed E-state index contributed by atoms with van der Waals surface area (Å²) in [5.74, 6) is 0.353. The van der Waals surface area contributed by atoms with Crippen LogP contribution in [0, 0.1) is 0 Å². The molecule has 0 bridgehead atoms. The first kappa shape index (κ1) is 27.5. The Morgan fingerprint density at radius 1 is 1.12 bits per heavy atom. The third-order valence-electron chi connectivity index (χ3n) is 6.93. The van der Waals surface area contributed by atoms with Crippen LogP contribution in [0.25, 0.3) is 11.3 Å². The highest BCUT2D eigenvalue weighted by atomic mass is 16.5. The number of morpholine rings is 1. The molecule has 3 aromatic rings. The smallest absolute Gasteiger partial charge is 0.290 e. The first-order valence-corrected chi connectivity index (χ1v) is 13.5. The Bertz CT molecular complexity index is 1430. The number of hydrogen-bond donors (Lipinski definition) is 1. The van der Waals surface area contributed by atoms with E-state index in [1.54, 1.807) is 35.0 Å². The molecular weight excluding hydrogens is 512 g/mol. The number of rotatable bonds is 8. The van der Waals surface area contributed by atoms with Gasteiger partial charge in [0.15, 0.2) is 0 Å². The van der Waals surface area contributed by atoms with E-state index in [0.29, 0.717) is 55.6 Å². The van der Waals surface area contributed by atoms with E-state index in [0.717, 1.165) is 17.5 Å². The Labute approximate surface area is 232 Å². The third-order valence-corrected chi connectivity index (χ3v) is 6.93. The molecule has 1 aromatic carbocycles. The summed E-state index contributed by atoms with van der Waals surface area (Å²) in [6.07, 6.45) is 2.51. The maximum atomic E-state index is 12.9. The Morgan fingerprint density at radius 3 is 2.60 bits per heavy atom. The molecule has 4 heterocycles. The quantitative estimate of drug-likeness (QED) is 0.458. The standard InChI is InChI=1S/C29H34N6O5/c1-19(2)40-27-9-10-35(27)26(36)16-20-5-4-6-21(15-20)23-17-24(29(38)33(3)32-23)31-25-8-7-22(18-30-25)28(37)34-11-13-39-14-12-34/h4-8,15,17-19,27H,9-14,16H2,1-3H3,(H,30,31). The number of carbonyl (C=O) groups is 2. The predicted octanol–water partition coefficient (Wildman–Crippen LogP) is 2.58. The van der Waals surface area contributed by atoms with Gasteiger partial charge in [0.25, 0.3) is 11.5 Å². The number of amides is 2. The second-order valence-corrected chi connectivity index (χ2v) is 10.2. The molecule has 40 heavy (non-hydrogen) atoms. The molecule has 2 saturated heterocycles. The van der Waals surface area contributed by atoms with E-state index in [1.807, 2.05) is 38.1 Å². The molecule has 1 unspecified atom stereocenters. The van der Waals surface area contributed by atoms with E-state index in [-0.39, 0.29) is 36.1 Å². The third kappa shape index (κ3) is 6.21. The molecular formula is C29H34N6O5. The summed E-state index contributed by atoms with van der Waals surface area (Å²) in [5.41, 5.74) is 2.65. The summed E-state index contributed by atoms with van der Waals surface area (Å²) in [6.45, 7) is 6.78. The normalized spacial score (nSPS) is 17.1. The molecule has 210 valence electrons. The fraction of sp³-hybridized carbons (Fsp3) is 0.414. The van der Waals surface area contributed by atoms with Crippen LogP contribution < -0.4 is 10.9 Å². The number of aryl methyl sites for hydroxylation is 1. The Morgan fingerprint density at radius 2 is 1.93 bits per heavy atom. The molecule has 0 saturated carbocycles. The molecule has 0 spiro atoms. The number of benzene rings is 1. The second-order valence-electron chi connectivity index (χ2n) is 10.2. The molecule has 1 atom stereocenters. The highest BCUT2D eigenvalue weighted by Gasteiger charge is 2.33. The van der Waals surface area contributed by atoms with Crippen LogP contribution in [-0.2, 0) is 27.7 Å². The summed E-state index contributed by atoms with van der Waals surface area (Å²) in [4.78, 5) is 46.3. The van der Waals surface area contributed by atoms with Gasteiger partial charge in [0.05, 0.1) is 37.0 Å². The van der Waals surface area contributed by atoms with E-state index in [2.05, 4.69) is 15.4 Å². The molecule has 1 N–H and O–H groups in total. The van der Waals surface area contributed by atoms with Crippen molar-refractivity contribution in [3.8, 4) is 11.3 Å². The summed E-state index contributed by atoms with van der Waals surface area (Å²) < 4.78 is 12.4. The summed E-state index contributed by atoms with van der Waals surface area (Å²) in [6, 6.07) is 12.6. The molecule has 2 amide bonds. The van der Waals surface area contributed by atoms with Gasteiger partial charge < -0.3 is 24.6 Å². The number of nitrogens with one attached hydrogen (secondary N) is 1. The fourth-order valence-electron chi connectivity index (χ4n) is 4.74. The summed E-state index contributed by atoms with van der Waals surface area (Å²) in [5, 5.41) is 7.49. The van der Waals surface area contributed by atoms with Gasteiger partial charge in [0.1, 0.15) is 17.7 Å². The summed E-state index contributed by atoms with van der Waals surface area (Å²) >= 11 is 0. The zero-order valence-electron chi connectivity index (χ0n) is 23.0. The van der Waals surface area contributed by atoms with Crippen LogP contribution in [0.4, 0.5) is 11.5 Å². The van der Waals surface area contributed by atoms with E-state index in [4.69, 9.17) is 9.47 Å². The summed E-state index contributed by atoms with van der Waals surface area (Å²) in [7, 11) is 1.58. The molecule has 0 radical (unpaired) electrons. The van der Waals surface area contributed by atoms with Crippen molar-refractivity contribution < 1.29 is 19.1 Å². The SMILES string of the molecule is CC(C)OC1CCN1C(=O)Cc1cccc(-c2cc(Nc3ccc(C(=O)N4CCOCC4)cn3)c(=O)n(C)n2)c1. The Hall–Kier alpha value is -4.09. The maximum absolute atomic E-state index is 12.9. The van der Waals surface area contributed by atoms with Crippen molar-refractivity contribution in [2.45, 2.75) is 39.0 Å². The lowest BCUT2D eigenvalue weighted by atomic mass is 10.0. The number of nitrogens with zero attached hydrogens (tertiary/aromatic N) is 5. The van der Waals surface area contributed by atoms with Gasteiger partial charge in [0.2, 0.25) is 5.91 Å². The number of ether oxygens (including phenoxy) is 2. The van der Waals surface area contributed by atoms with Crippen LogP contribution >= 0.6 is 0 Å². The van der Waals surface area contributed by atoms with E-state index in [1.165, 1.54) is 10.9 Å². The van der Waals surface area contributed by atoms with Gasteiger partial charge in [-0.15, -0.1) is 0 Å². The zero-order valence-corrected chi connectivity index (χ0v) is 23.0. The van der Waals surface area contributed by atoms with Crippen molar-refractivity contribution in [2.75, 3.05) is 38.2 Å². The first-order chi connectivity index (χ1) is 19.3. The molecule has 0 aliphatic carbocycles. The lowest BCUT2D eigenvalue weighted by molar-refractivity contribution is -0.171. The van der Waals surface area contributed by atoms with Gasteiger partial charge in [-0.05, 0) is 43.7 Å². The second kappa shape index (κ2) is 12.0. The number of aromatic nitrogens is 3. The highest BCUT2D eigenvalue weighted by Crippen LogP contribution is 2.24. The van der Waals surface area contributed by atoms with Crippen LogP contribution in [0.15, 0.2) is 53.5 Å². The zero-order chi connectivity index (χ0) is 28.2. The average Bonchev–Trinajstić information content (AvgIpc) is 2.94. The molecule has 2 aliphatic heterocycles. The van der Waals surface area contributed by atoms with Crippen LogP contribution in [0.2, 0.25) is 0 Å². The van der Waals surface area contributed by atoms with Crippen molar-refractivity contribution in [2.24, 2.45) is 7.05 Å². The van der Waals surface area contributed by atoms with Gasteiger partial charge in [0, 0.05) is 44.9 Å².